The number of likely N-dealkylation sites (tertiary alicyclic amines) is 1. The Hall–Kier alpha value is -3.22. The number of carboxylic acids is 1. The number of allylic oxidation sites excluding steroid dienone is 1. The third kappa shape index (κ3) is 7.91. The molecule has 0 bridgehead atoms. The van der Waals surface area contributed by atoms with Crippen molar-refractivity contribution in [1.29, 1.82) is 0 Å². The van der Waals surface area contributed by atoms with Crippen molar-refractivity contribution in [3.8, 4) is 0 Å². The van der Waals surface area contributed by atoms with E-state index in [0.29, 0.717) is 25.0 Å². The topological polar surface area (TPSA) is 99.1 Å². The lowest BCUT2D eigenvalue weighted by Gasteiger charge is -2.35. The molecule has 2 amide bonds. The molecule has 0 spiro atoms. The maximum absolute atomic E-state index is 13.4. The molecule has 1 aromatic rings. The second-order valence-electron chi connectivity index (χ2n) is 9.68. The molecule has 0 aliphatic carbocycles. The fourth-order valence-corrected chi connectivity index (χ4v) is 4.58. The van der Waals surface area contributed by atoms with Crippen LogP contribution in [0.4, 0.5) is 0 Å². The van der Waals surface area contributed by atoms with Gasteiger partial charge in [0.1, 0.15) is 6.04 Å². The molecule has 2 atom stereocenters. The molecule has 1 saturated heterocycles. The summed E-state index contributed by atoms with van der Waals surface area (Å²) >= 11 is 0. The zero-order chi connectivity index (χ0) is 26.1. The number of benzene rings is 1. The zero-order valence-electron chi connectivity index (χ0n) is 21.6. The first-order valence-corrected chi connectivity index (χ1v) is 12.3. The van der Waals surface area contributed by atoms with Crippen LogP contribution in [0.25, 0.3) is 5.57 Å². The van der Waals surface area contributed by atoms with E-state index in [9.17, 15) is 19.5 Å². The predicted octanol–water partition coefficient (Wildman–Crippen LogP) is 4.33. The van der Waals surface area contributed by atoms with Crippen LogP contribution in [0.15, 0.2) is 41.4 Å². The van der Waals surface area contributed by atoms with Crippen molar-refractivity contribution < 1.29 is 19.5 Å². The van der Waals surface area contributed by atoms with Gasteiger partial charge in [-0.05, 0) is 67.4 Å². The number of rotatable bonds is 11. The van der Waals surface area contributed by atoms with E-state index < -0.39 is 18.1 Å². The van der Waals surface area contributed by atoms with Gasteiger partial charge in [0.25, 0.3) is 0 Å². The van der Waals surface area contributed by atoms with Crippen molar-refractivity contribution in [3.05, 3.63) is 53.1 Å². The average Bonchev–Trinajstić information content (AvgIpc) is 2.77. The number of hydrogen-bond donors (Lipinski definition) is 2. The summed E-state index contributed by atoms with van der Waals surface area (Å²) in [4.78, 5) is 43.5. The lowest BCUT2D eigenvalue weighted by Crippen LogP contribution is -2.54. The number of hydrogen-bond acceptors (Lipinski definition) is 4. The number of piperidine rings is 1. The summed E-state index contributed by atoms with van der Waals surface area (Å²) in [5.41, 5.74) is 4.37. The lowest BCUT2D eigenvalue weighted by molar-refractivity contribution is -0.143. The predicted molar refractivity (Wildman–Crippen MR) is 140 cm³/mol. The second-order valence-corrected chi connectivity index (χ2v) is 9.68. The Balaban J connectivity index is 2.38. The van der Waals surface area contributed by atoms with Crippen LogP contribution in [-0.4, -0.2) is 59.7 Å². The smallest absolute Gasteiger partial charge is 0.305 e. The molecule has 7 nitrogen and oxygen atoms in total. The van der Waals surface area contributed by atoms with Gasteiger partial charge < -0.3 is 15.3 Å². The van der Waals surface area contributed by atoms with Gasteiger partial charge in [0.15, 0.2) is 0 Å². The van der Waals surface area contributed by atoms with Gasteiger partial charge in [0.05, 0.1) is 12.5 Å². The third-order valence-corrected chi connectivity index (χ3v) is 6.26. The molecule has 1 fully saturated rings. The largest absolute Gasteiger partial charge is 0.481 e. The van der Waals surface area contributed by atoms with Crippen LogP contribution in [0.2, 0.25) is 0 Å². The van der Waals surface area contributed by atoms with Gasteiger partial charge in [0, 0.05) is 31.8 Å². The summed E-state index contributed by atoms with van der Waals surface area (Å²) in [7, 11) is 1.67. The number of nitrogens with zero attached hydrogens (tertiary/aromatic N) is 2. The lowest BCUT2D eigenvalue weighted by atomic mass is 9.92. The van der Waals surface area contributed by atoms with Crippen molar-refractivity contribution >= 4 is 29.6 Å². The van der Waals surface area contributed by atoms with Gasteiger partial charge in [-0.15, -0.1) is 0 Å². The van der Waals surface area contributed by atoms with E-state index in [1.54, 1.807) is 24.2 Å². The summed E-state index contributed by atoms with van der Waals surface area (Å²) in [6.07, 6.45) is 5.83. The Labute approximate surface area is 209 Å². The van der Waals surface area contributed by atoms with Crippen molar-refractivity contribution in [3.63, 3.8) is 0 Å². The molecule has 1 aromatic carbocycles. The Morgan fingerprint density at radius 3 is 2.43 bits per heavy atom. The van der Waals surface area contributed by atoms with E-state index in [0.717, 1.165) is 35.1 Å². The molecule has 2 rings (SSSR count). The van der Waals surface area contributed by atoms with Crippen LogP contribution in [0.5, 0.6) is 0 Å². The second kappa shape index (κ2) is 13.0. The standard InChI is InChI=1S/C28H39N3O4/c1-18(2)14-24(31-13-8-7-12-25(31)32)28(35)30-23(16-26(33)34)21(5)15-22(17-29-6)27-19(3)10-9-11-20(27)4/h9-11,15,17-18,23-24H,5,7-8,12-14,16H2,1-4,6H3,(H,30,35)(H,33,34)/b22-15+,29-17-/t23-,24?/m1/s1. The Morgan fingerprint density at radius 1 is 1.23 bits per heavy atom. The molecule has 1 aliphatic rings. The molecule has 0 saturated carbocycles. The molecule has 1 unspecified atom stereocenters. The highest BCUT2D eigenvalue weighted by molar-refractivity contribution is 6.11. The van der Waals surface area contributed by atoms with Crippen LogP contribution >= 0.6 is 0 Å². The minimum Gasteiger partial charge on any atom is -0.481 e. The van der Waals surface area contributed by atoms with E-state index in [2.05, 4.69) is 16.9 Å². The van der Waals surface area contributed by atoms with E-state index >= 15 is 0 Å². The Kier molecular flexibility index (Phi) is 10.4. The van der Waals surface area contributed by atoms with E-state index in [1.165, 1.54) is 0 Å². The fraction of sp³-hybridized carbons (Fsp3) is 0.500. The van der Waals surface area contributed by atoms with Gasteiger partial charge in [-0.25, -0.2) is 0 Å². The zero-order valence-corrected chi connectivity index (χ0v) is 21.6. The highest BCUT2D eigenvalue weighted by Crippen LogP contribution is 2.25. The summed E-state index contributed by atoms with van der Waals surface area (Å²) in [6, 6.07) is 4.54. The Bertz CT molecular complexity index is 989. The van der Waals surface area contributed by atoms with Crippen molar-refractivity contribution in [1.82, 2.24) is 10.2 Å². The van der Waals surface area contributed by atoms with E-state index in [-0.39, 0.29) is 24.2 Å². The quantitative estimate of drug-likeness (QED) is 0.363. The number of aliphatic carboxylic acids is 1. The average molecular weight is 482 g/mol. The summed E-state index contributed by atoms with van der Waals surface area (Å²) in [5.74, 6) is -1.22. The maximum Gasteiger partial charge on any atom is 0.305 e. The number of aryl methyl sites for hydroxylation is 2. The van der Waals surface area contributed by atoms with Crippen LogP contribution < -0.4 is 5.32 Å². The molecule has 35 heavy (non-hydrogen) atoms. The number of carboxylic acid groups (broad SMARTS) is 1. The van der Waals surface area contributed by atoms with Gasteiger partial charge in [0.2, 0.25) is 11.8 Å². The number of aliphatic imine (C=N–C) groups is 1. The number of amides is 2. The summed E-state index contributed by atoms with van der Waals surface area (Å²) < 4.78 is 0. The molecule has 1 aliphatic heterocycles. The van der Waals surface area contributed by atoms with Gasteiger partial charge in [-0.3, -0.25) is 19.4 Å². The highest BCUT2D eigenvalue weighted by atomic mass is 16.4. The first-order valence-electron chi connectivity index (χ1n) is 12.3. The first-order chi connectivity index (χ1) is 16.5. The van der Waals surface area contributed by atoms with Crippen LogP contribution in [0.3, 0.4) is 0 Å². The van der Waals surface area contributed by atoms with Crippen molar-refractivity contribution in [2.45, 2.75) is 71.9 Å². The number of nitrogens with one attached hydrogen (secondary N) is 1. The Morgan fingerprint density at radius 2 is 1.89 bits per heavy atom. The maximum atomic E-state index is 13.4. The molecule has 0 radical (unpaired) electrons. The van der Waals surface area contributed by atoms with Crippen LogP contribution in [-0.2, 0) is 14.4 Å². The van der Waals surface area contributed by atoms with Crippen LogP contribution in [0.1, 0.15) is 62.6 Å². The number of carbonyl (C=O) groups excluding carboxylic acids is 2. The van der Waals surface area contributed by atoms with Crippen LogP contribution in [0, 0.1) is 19.8 Å². The van der Waals surface area contributed by atoms with Crippen molar-refractivity contribution in [2.24, 2.45) is 10.9 Å². The molecule has 190 valence electrons. The first kappa shape index (κ1) is 28.0. The van der Waals surface area contributed by atoms with Gasteiger partial charge >= 0.3 is 5.97 Å². The van der Waals surface area contributed by atoms with Gasteiger partial charge in [-0.1, -0.05) is 38.6 Å². The third-order valence-electron chi connectivity index (χ3n) is 6.26. The van der Waals surface area contributed by atoms with Crippen molar-refractivity contribution in [2.75, 3.05) is 13.6 Å². The SMILES string of the molecule is C=C(/C=C(\C=N/C)c1c(C)cccc1C)[C@@H](CC(=O)O)NC(=O)C(CC(C)C)N1CCCCC1=O. The number of carbonyl (C=O) groups is 3. The summed E-state index contributed by atoms with van der Waals surface area (Å²) in [6.45, 7) is 12.7. The highest BCUT2D eigenvalue weighted by Gasteiger charge is 2.33. The molecular weight excluding hydrogens is 442 g/mol. The molecular formula is C28H39N3O4. The monoisotopic (exact) mass is 481 g/mol. The molecule has 7 heteroatoms. The van der Waals surface area contributed by atoms with Gasteiger partial charge in [-0.2, -0.15) is 0 Å². The van der Waals surface area contributed by atoms with E-state index in [1.807, 2.05) is 45.9 Å². The summed E-state index contributed by atoms with van der Waals surface area (Å²) in [5, 5.41) is 12.5. The van der Waals surface area contributed by atoms with E-state index in [4.69, 9.17) is 0 Å². The molecule has 0 aromatic heterocycles. The minimum atomic E-state index is -1.04. The minimum absolute atomic E-state index is 0.0259. The normalized spacial score (nSPS) is 16.5. The molecule has 1 heterocycles. The molecule has 2 N–H and O–H groups in total. The fourth-order valence-electron chi connectivity index (χ4n) is 4.58.